The molecule has 0 aromatic heterocycles. The van der Waals surface area contributed by atoms with Gasteiger partial charge in [-0.15, -0.1) is 0 Å². The molecule has 10 nitrogen and oxygen atoms in total. The van der Waals surface area contributed by atoms with E-state index >= 15 is 0 Å². The Bertz CT molecular complexity index is 1010. The molecule has 4 rings (SSSR count). The van der Waals surface area contributed by atoms with Crippen molar-refractivity contribution in [1.82, 2.24) is 9.80 Å². The number of carbonyl (C=O) groups excluding carboxylic acids is 2. The van der Waals surface area contributed by atoms with Gasteiger partial charge >= 0.3 is 12.1 Å². The Morgan fingerprint density at radius 2 is 1.45 bits per heavy atom. The summed E-state index contributed by atoms with van der Waals surface area (Å²) < 4.78 is 25.4. The number of nitrogens with zero attached hydrogens (tertiary/aromatic N) is 2. The molecule has 38 heavy (non-hydrogen) atoms. The number of phenols is 1. The minimum atomic E-state index is -1.01. The molecular formula is C28H38N2O8. The van der Waals surface area contributed by atoms with Crippen molar-refractivity contribution in [3.05, 3.63) is 59.7 Å². The molecule has 1 unspecified atom stereocenters. The molecule has 0 bridgehead atoms. The van der Waals surface area contributed by atoms with Crippen LogP contribution in [0.2, 0.25) is 0 Å². The molecule has 2 aromatic rings. The molecule has 0 amide bonds. The molecule has 0 saturated carbocycles. The summed E-state index contributed by atoms with van der Waals surface area (Å²) in [4.78, 5) is 27.8. The van der Waals surface area contributed by atoms with Gasteiger partial charge in [-0.1, -0.05) is 24.3 Å². The normalized spacial score (nSPS) is 17.0. The zero-order chi connectivity index (χ0) is 27.2. The lowest BCUT2D eigenvalue weighted by Crippen LogP contribution is -2.35. The summed E-state index contributed by atoms with van der Waals surface area (Å²) >= 11 is 0. The maximum absolute atomic E-state index is 11.8. The first kappa shape index (κ1) is 29.4. The number of hydrogen-bond acceptors (Lipinski definition) is 10. The molecule has 0 radical (unpaired) electrons. The van der Waals surface area contributed by atoms with Crippen molar-refractivity contribution in [2.75, 3.05) is 59.2 Å². The van der Waals surface area contributed by atoms with Crippen LogP contribution in [0.4, 0.5) is 4.79 Å². The Kier molecular flexibility index (Phi) is 12.3. The highest BCUT2D eigenvalue weighted by molar-refractivity contribution is 5.77. The quantitative estimate of drug-likeness (QED) is 0.404. The van der Waals surface area contributed by atoms with E-state index in [9.17, 15) is 14.7 Å². The number of carbonyl (C=O) groups is 2. The Morgan fingerprint density at radius 3 is 2.00 bits per heavy atom. The van der Waals surface area contributed by atoms with Crippen molar-refractivity contribution in [1.29, 1.82) is 0 Å². The second kappa shape index (κ2) is 15.9. The van der Waals surface area contributed by atoms with Crippen LogP contribution in [0.1, 0.15) is 25.0 Å². The summed E-state index contributed by atoms with van der Waals surface area (Å²) in [5, 5.41) is 9.30. The first-order valence-electron chi connectivity index (χ1n) is 12.9. The third-order valence-electron chi connectivity index (χ3n) is 5.92. The van der Waals surface area contributed by atoms with E-state index in [1.807, 2.05) is 30.3 Å². The van der Waals surface area contributed by atoms with Crippen LogP contribution in [0.25, 0.3) is 0 Å². The van der Waals surface area contributed by atoms with Gasteiger partial charge in [-0.3, -0.25) is 9.80 Å². The SMILES string of the molecule is CCOC(=O)C(C)OC(=O)Oc1cccc(CN2CCOCC2)c1.Oc1cccc(CN2CCOCC2)c1. The number of phenolic OH excluding ortho intramolecular Hbond substituents is 1. The lowest BCUT2D eigenvalue weighted by atomic mass is 10.2. The molecule has 2 heterocycles. The zero-order valence-corrected chi connectivity index (χ0v) is 22.2. The predicted molar refractivity (Wildman–Crippen MR) is 140 cm³/mol. The lowest BCUT2D eigenvalue weighted by molar-refractivity contribution is -0.152. The van der Waals surface area contributed by atoms with Crippen molar-refractivity contribution < 1.29 is 38.4 Å². The first-order valence-corrected chi connectivity index (χ1v) is 12.9. The number of rotatable bonds is 8. The summed E-state index contributed by atoms with van der Waals surface area (Å²) in [6.45, 7) is 11.8. The Balaban J connectivity index is 0.000000241. The van der Waals surface area contributed by atoms with Crippen LogP contribution in [0.15, 0.2) is 48.5 Å². The molecule has 0 spiro atoms. The van der Waals surface area contributed by atoms with E-state index in [0.29, 0.717) is 11.5 Å². The summed E-state index contributed by atoms with van der Waals surface area (Å²) in [5.41, 5.74) is 2.19. The van der Waals surface area contributed by atoms with Gasteiger partial charge in [-0.25, -0.2) is 9.59 Å². The topological polar surface area (TPSA) is 107 Å². The Labute approximate surface area is 224 Å². The van der Waals surface area contributed by atoms with Gasteiger partial charge in [0.15, 0.2) is 6.10 Å². The molecule has 2 fully saturated rings. The number of benzene rings is 2. The van der Waals surface area contributed by atoms with Crippen molar-refractivity contribution in [3.8, 4) is 11.5 Å². The van der Waals surface area contributed by atoms with Gasteiger partial charge < -0.3 is 28.8 Å². The molecular weight excluding hydrogens is 492 g/mol. The number of esters is 1. The van der Waals surface area contributed by atoms with Gasteiger partial charge in [0, 0.05) is 39.3 Å². The largest absolute Gasteiger partial charge is 0.514 e. The summed E-state index contributed by atoms with van der Waals surface area (Å²) in [7, 11) is 0. The highest BCUT2D eigenvalue weighted by Crippen LogP contribution is 2.17. The fourth-order valence-electron chi connectivity index (χ4n) is 3.97. The number of hydrogen-bond donors (Lipinski definition) is 1. The third-order valence-corrected chi connectivity index (χ3v) is 5.92. The van der Waals surface area contributed by atoms with E-state index in [-0.39, 0.29) is 6.61 Å². The number of morpholine rings is 2. The lowest BCUT2D eigenvalue weighted by Gasteiger charge is -2.26. The Morgan fingerprint density at radius 1 is 0.895 bits per heavy atom. The van der Waals surface area contributed by atoms with Gasteiger partial charge in [0.1, 0.15) is 11.5 Å². The second-order valence-electron chi connectivity index (χ2n) is 8.96. The van der Waals surface area contributed by atoms with E-state index in [2.05, 4.69) is 9.80 Å². The van der Waals surface area contributed by atoms with Crippen molar-refractivity contribution in [2.24, 2.45) is 0 Å². The maximum atomic E-state index is 11.8. The number of ether oxygens (including phenoxy) is 5. The van der Waals surface area contributed by atoms with Gasteiger partial charge in [-0.05, 0) is 49.2 Å². The van der Waals surface area contributed by atoms with Crippen molar-refractivity contribution >= 4 is 12.1 Å². The fourth-order valence-corrected chi connectivity index (χ4v) is 3.97. The molecule has 10 heteroatoms. The maximum Gasteiger partial charge on any atom is 0.514 e. The van der Waals surface area contributed by atoms with Crippen LogP contribution in [0.3, 0.4) is 0 Å². The minimum Gasteiger partial charge on any atom is -0.508 e. The van der Waals surface area contributed by atoms with Crippen LogP contribution in [-0.2, 0) is 36.8 Å². The van der Waals surface area contributed by atoms with Crippen molar-refractivity contribution in [3.63, 3.8) is 0 Å². The third kappa shape index (κ3) is 10.7. The molecule has 0 aliphatic carbocycles. The van der Waals surface area contributed by atoms with E-state index < -0.39 is 18.2 Å². The zero-order valence-electron chi connectivity index (χ0n) is 22.2. The predicted octanol–water partition coefficient (Wildman–Crippen LogP) is 3.21. The molecule has 1 atom stereocenters. The number of aromatic hydroxyl groups is 1. The van der Waals surface area contributed by atoms with E-state index in [1.54, 1.807) is 25.1 Å². The Hall–Kier alpha value is -3.18. The van der Waals surface area contributed by atoms with Crippen LogP contribution in [-0.4, -0.2) is 92.3 Å². The first-order chi connectivity index (χ1) is 18.4. The molecule has 2 aliphatic rings. The van der Waals surface area contributed by atoms with Crippen LogP contribution in [0.5, 0.6) is 11.5 Å². The van der Waals surface area contributed by atoms with Crippen molar-refractivity contribution in [2.45, 2.75) is 33.0 Å². The van der Waals surface area contributed by atoms with Gasteiger partial charge in [-0.2, -0.15) is 0 Å². The van der Waals surface area contributed by atoms with E-state index in [1.165, 1.54) is 6.92 Å². The highest BCUT2D eigenvalue weighted by atomic mass is 16.7. The molecule has 2 aromatic carbocycles. The fraction of sp³-hybridized carbons (Fsp3) is 0.500. The minimum absolute atomic E-state index is 0.227. The summed E-state index contributed by atoms with van der Waals surface area (Å²) in [5.74, 6) is 0.119. The average Bonchev–Trinajstić information content (AvgIpc) is 2.90. The standard InChI is InChI=1S/C17H23NO6.C11H15NO2/c1-3-22-16(19)13(2)23-17(20)24-15-6-4-5-14(11-15)12-18-7-9-21-10-8-18;13-11-3-1-2-10(8-11)9-12-4-6-14-7-5-12/h4-6,11,13H,3,7-10,12H2,1-2H3;1-3,8,13H,4-7,9H2. The molecule has 208 valence electrons. The van der Waals surface area contributed by atoms with Gasteiger partial charge in [0.25, 0.3) is 0 Å². The summed E-state index contributed by atoms with van der Waals surface area (Å²) in [6, 6.07) is 14.7. The van der Waals surface area contributed by atoms with Crippen LogP contribution >= 0.6 is 0 Å². The monoisotopic (exact) mass is 530 g/mol. The average molecular weight is 531 g/mol. The van der Waals surface area contributed by atoms with Crippen LogP contribution in [0, 0.1) is 0 Å². The molecule has 2 aliphatic heterocycles. The van der Waals surface area contributed by atoms with Gasteiger partial charge in [0.2, 0.25) is 0 Å². The molecule has 2 saturated heterocycles. The van der Waals surface area contributed by atoms with E-state index in [0.717, 1.165) is 76.8 Å². The van der Waals surface area contributed by atoms with E-state index in [4.69, 9.17) is 23.7 Å². The highest BCUT2D eigenvalue weighted by Gasteiger charge is 2.20. The second-order valence-corrected chi connectivity index (χ2v) is 8.96. The summed E-state index contributed by atoms with van der Waals surface area (Å²) in [6.07, 6.45) is -1.94. The van der Waals surface area contributed by atoms with Crippen LogP contribution < -0.4 is 4.74 Å². The van der Waals surface area contributed by atoms with Gasteiger partial charge in [0.05, 0.1) is 33.0 Å². The smallest absolute Gasteiger partial charge is 0.508 e. The molecule has 1 N–H and O–H groups in total.